The predicted octanol–water partition coefficient (Wildman–Crippen LogP) is 2.53. The second-order valence-corrected chi connectivity index (χ2v) is 3.27. The Morgan fingerprint density at radius 2 is 2.20 bits per heavy atom. The van der Waals surface area contributed by atoms with Gasteiger partial charge >= 0.3 is 0 Å². The molecule has 1 heterocycles. The molecule has 74 valence electrons. The molecule has 0 aliphatic rings. The Kier molecular flexibility index (Phi) is 2.51. The van der Waals surface area contributed by atoms with Crippen molar-refractivity contribution in [2.45, 2.75) is 13.0 Å². The summed E-state index contributed by atoms with van der Waals surface area (Å²) in [6.07, 6.45) is 3.10. The summed E-state index contributed by atoms with van der Waals surface area (Å²) < 4.78 is 5.38. The summed E-state index contributed by atoms with van der Waals surface area (Å²) in [6, 6.07) is 9.66. The van der Waals surface area contributed by atoms with Crippen molar-refractivity contribution in [3.63, 3.8) is 0 Å². The topological polar surface area (TPSA) is 45.9 Å². The van der Waals surface area contributed by atoms with E-state index in [0.29, 0.717) is 5.75 Å². The van der Waals surface area contributed by atoms with E-state index in [0.717, 1.165) is 10.8 Å². The van der Waals surface area contributed by atoms with Crippen LogP contribution in [0.5, 0.6) is 5.75 Å². The molecule has 0 amide bonds. The Morgan fingerprint density at radius 3 is 3.00 bits per heavy atom. The summed E-state index contributed by atoms with van der Waals surface area (Å²) in [5.41, 5.74) is 0. The van der Waals surface area contributed by atoms with Crippen LogP contribution in [0.15, 0.2) is 36.7 Å². The lowest BCUT2D eigenvalue weighted by Crippen LogP contribution is -2.07. The van der Waals surface area contributed by atoms with Gasteiger partial charge in [-0.1, -0.05) is 6.07 Å². The third kappa shape index (κ3) is 2.05. The highest BCUT2D eigenvalue weighted by atomic mass is 16.5. The second kappa shape index (κ2) is 3.97. The third-order valence-corrected chi connectivity index (χ3v) is 2.11. The Balaban J connectivity index is 2.35. The van der Waals surface area contributed by atoms with Crippen LogP contribution in [-0.4, -0.2) is 11.1 Å². The Bertz CT molecular complexity index is 516. The van der Waals surface area contributed by atoms with Crippen LogP contribution in [0, 0.1) is 11.3 Å². The van der Waals surface area contributed by atoms with Gasteiger partial charge in [0.1, 0.15) is 11.8 Å². The number of aromatic nitrogens is 1. The highest BCUT2D eigenvalue weighted by Gasteiger charge is 2.02. The number of benzene rings is 1. The summed E-state index contributed by atoms with van der Waals surface area (Å²) in [6.45, 7) is 1.72. The van der Waals surface area contributed by atoms with E-state index in [1.54, 1.807) is 19.3 Å². The molecular formula is C12H10N2O. The van der Waals surface area contributed by atoms with Crippen LogP contribution in [0.4, 0.5) is 0 Å². The predicted molar refractivity (Wildman–Crippen MR) is 57.4 cm³/mol. The number of pyridine rings is 1. The zero-order chi connectivity index (χ0) is 10.7. The molecule has 3 heteroatoms. The van der Waals surface area contributed by atoms with Crippen molar-refractivity contribution < 1.29 is 4.74 Å². The molecule has 1 aromatic heterocycles. The van der Waals surface area contributed by atoms with E-state index in [9.17, 15) is 0 Å². The highest BCUT2D eigenvalue weighted by molar-refractivity contribution is 5.82. The maximum Gasteiger partial charge on any atom is 0.181 e. The van der Waals surface area contributed by atoms with Crippen molar-refractivity contribution in [3.8, 4) is 11.8 Å². The molecule has 0 saturated heterocycles. The molecular weight excluding hydrogens is 188 g/mol. The van der Waals surface area contributed by atoms with E-state index < -0.39 is 6.10 Å². The maximum atomic E-state index is 8.62. The first kappa shape index (κ1) is 9.47. The molecule has 0 fully saturated rings. The minimum Gasteiger partial charge on any atom is -0.476 e. The fourth-order valence-electron chi connectivity index (χ4n) is 1.37. The first-order valence-corrected chi connectivity index (χ1v) is 4.69. The fourth-order valence-corrected chi connectivity index (χ4v) is 1.37. The molecule has 1 atom stereocenters. The van der Waals surface area contributed by atoms with Gasteiger partial charge < -0.3 is 4.74 Å². The van der Waals surface area contributed by atoms with Gasteiger partial charge in [0.25, 0.3) is 0 Å². The Hall–Kier alpha value is -2.08. The molecule has 0 aliphatic carbocycles. The van der Waals surface area contributed by atoms with E-state index in [1.165, 1.54) is 0 Å². The standard InChI is InChI=1S/C12H10N2O/c1-9(7-13)15-12-3-2-10-4-5-14-8-11(10)6-12/h2-6,8-9H,1H3. The molecule has 1 aromatic carbocycles. The molecule has 0 bridgehead atoms. The lowest BCUT2D eigenvalue weighted by Gasteiger charge is -2.07. The van der Waals surface area contributed by atoms with Gasteiger partial charge in [0.15, 0.2) is 6.10 Å². The molecule has 15 heavy (non-hydrogen) atoms. The zero-order valence-electron chi connectivity index (χ0n) is 8.34. The zero-order valence-corrected chi connectivity index (χ0v) is 8.34. The highest BCUT2D eigenvalue weighted by Crippen LogP contribution is 2.20. The molecule has 0 radical (unpaired) electrons. The van der Waals surface area contributed by atoms with Gasteiger partial charge in [-0.2, -0.15) is 5.26 Å². The van der Waals surface area contributed by atoms with Crippen LogP contribution in [0.2, 0.25) is 0 Å². The first-order chi connectivity index (χ1) is 7.29. The number of nitrogens with zero attached hydrogens (tertiary/aromatic N) is 2. The summed E-state index contributed by atoms with van der Waals surface area (Å²) in [5.74, 6) is 0.699. The van der Waals surface area contributed by atoms with Crippen LogP contribution in [-0.2, 0) is 0 Å². The summed E-state index contributed by atoms with van der Waals surface area (Å²) in [4.78, 5) is 4.03. The number of fused-ring (bicyclic) bond motifs is 1. The summed E-state index contributed by atoms with van der Waals surface area (Å²) >= 11 is 0. The summed E-state index contributed by atoms with van der Waals surface area (Å²) in [7, 11) is 0. The van der Waals surface area contributed by atoms with Crippen molar-refractivity contribution in [1.29, 1.82) is 5.26 Å². The van der Waals surface area contributed by atoms with Gasteiger partial charge in [-0.3, -0.25) is 4.98 Å². The molecule has 0 N–H and O–H groups in total. The van der Waals surface area contributed by atoms with Gasteiger partial charge in [-0.25, -0.2) is 0 Å². The number of ether oxygens (including phenoxy) is 1. The van der Waals surface area contributed by atoms with Crippen molar-refractivity contribution in [2.75, 3.05) is 0 Å². The molecule has 2 aromatic rings. The number of hydrogen-bond acceptors (Lipinski definition) is 3. The van der Waals surface area contributed by atoms with Crippen molar-refractivity contribution in [3.05, 3.63) is 36.7 Å². The minimum atomic E-state index is -0.431. The molecule has 1 unspecified atom stereocenters. The molecule has 0 saturated carbocycles. The van der Waals surface area contributed by atoms with Crippen molar-refractivity contribution in [2.24, 2.45) is 0 Å². The first-order valence-electron chi connectivity index (χ1n) is 4.69. The van der Waals surface area contributed by atoms with Crippen LogP contribution in [0.25, 0.3) is 10.8 Å². The smallest absolute Gasteiger partial charge is 0.181 e. The number of rotatable bonds is 2. The van der Waals surface area contributed by atoms with Crippen molar-refractivity contribution in [1.82, 2.24) is 4.98 Å². The monoisotopic (exact) mass is 198 g/mol. The molecule has 3 nitrogen and oxygen atoms in total. The van der Waals surface area contributed by atoms with E-state index in [2.05, 4.69) is 4.98 Å². The van der Waals surface area contributed by atoms with Gasteiger partial charge in [-0.05, 0) is 30.5 Å². The second-order valence-electron chi connectivity index (χ2n) is 3.27. The Morgan fingerprint density at radius 1 is 1.33 bits per heavy atom. The van der Waals surface area contributed by atoms with Gasteiger partial charge in [0, 0.05) is 17.8 Å². The molecule has 0 spiro atoms. The third-order valence-electron chi connectivity index (χ3n) is 2.11. The largest absolute Gasteiger partial charge is 0.476 e. The van der Waals surface area contributed by atoms with E-state index in [-0.39, 0.29) is 0 Å². The van der Waals surface area contributed by atoms with E-state index in [4.69, 9.17) is 10.00 Å². The van der Waals surface area contributed by atoms with Gasteiger partial charge in [0.2, 0.25) is 0 Å². The fraction of sp³-hybridized carbons (Fsp3) is 0.167. The minimum absolute atomic E-state index is 0.431. The van der Waals surface area contributed by atoms with Gasteiger partial charge in [-0.15, -0.1) is 0 Å². The van der Waals surface area contributed by atoms with E-state index in [1.807, 2.05) is 30.3 Å². The lowest BCUT2D eigenvalue weighted by molar-refractivity contribution is 0.277. The van der Waals surface area contributed by atoms with E-state index >= 15 is 0 Å². The average Bonchev–Trinajstić information content (AvgIpc) is 2.29. The SMILES string of the molecule is CC(C#N)Oc1ccc2ccncc2c1. The molecule has 0 aliphatic heterocycles. The number of hydrogen-bond donors (Lipinski definition) is 0. The maximum absolute atomic E-state index is 8.62. The summed E-state index contributed by atoms with van der Waals surface area (Å²) in [5, 5.41) is 10.7. The van der Waals surface area contributed by atoms with Gasteiger partial charge in [0.05, 0.1) is 0 Å². The van der Waals surface area contributed by atoms with Crippen LogP contribution < -0.4 is 4.74 Å². The molecule has 2 rings (SSSR count). The van der Waals surface area contributed by atoms with Crippen LogP contribution in [0.1, 0.15) is 6.92 Å². The van der Waals surface area contributed by atoms with Crippen LogP contribution >= 0.6 is 0 Å². The lowest BCUT2D eigenvalue weighted by atomic mass is 10.2. The average molecular weight is 198 g/mol. The number of nitriles is 1. The quantitative estimate of drug-likeness (QED) is 0.744. The van der Waals surface area contributed by atoms with Crippen molar-refractivity contribution >= 4 is 10.8 Å². The Labute approximate surface area is 87.9 Å². The van der Waals surface area contributed by atoms with Crippen LogP contribution in [0.3, 0.4) is 0 Å². The normalized spacial score (nSPS) is 12.0.